The second-order valence-corrected chi connectivity index (χ2v) is 5.76. The van der Waals surface area contributed by atoms with E-state index in [1.54, 1.807) is 6.07 Å². The Morgan fingerprint density at radius 3 is 2.85 bits per heavy atom. The molecule has 1 aliphatic rings. The van der Waals surface area contributed by atoms with Gasteiger partial charge >= 0.3 is 6.09 Å². The van der Waals surface area contributed by atoms with E-state index in [1.165, 1.54) is 11.0 Å². The van der Waals surface area contributed by atoms with E-state index in [2.05, 4.69) is 0 Å². The van der Waals surface area contributed by atoms with Gasteiger partial charge < -0.3 is 15.7 Å². The maximum absolute atomic E-state index is 14.2. The van der Waals surface area contributed by atoms with Crippen molar-refractivity contribution >= 4 is 11.8 Å². The zero-order valence-corrected chi connectivity index (χ0v) is 11.9. The number of nitrogens with zero attached hydrogens (tertiary/aromatic N) is 1. The molecule has 0 radical (unpaired) electrons. The number of hydrogen-bond donors (Lipinski definition) is 2. The Bertz CT molecular complexity index is 517. The molecular formula is C15H21FN2O2. The minimum Gasteiger partial charge on any atom is -0.465 e. The minimum atomic E-state index is -0.944. The smallest absolute Gasteiger partial charge is 0.407 e. The van der Waals surface area contributed by atoms with Crippen molar-refractivity contribution in [2.75, 3.05) is 12.3 Å². The molecule has 1 aliphatic heterocycles. The third-order valence-electron chi connectivity index (χ3n) is 3.81. The molecule has 4 nitrogen and oxygen atoms in total. The van der Waals surface area contributed by atoms with Gasteiger partial charge in [0.05, 0.1) is 11.7 Å². The molecule has 0 aliphatic carbocycles. The lowest BCUT2D eigenvalue weighted by molar-refractivity contribution is 0.118. The SMILES string of the molecule is CC(C)CC1c2ccc(N)c(F)c2CCCN1C(=O)O. The Balaban J connectivity index is 2.51. The fourth-order valence-electron chi connectivity index (χ4n) is 2.90. The summed E-state index contributed by atoms with van der Waals surface area (Å²) in [6, 6.07) is 3.02. The van der Waals surface area contributed by atoms with Crippen LogP contribution in [0.5, 0.6) is 0 Å². The predicted octanol–water partition coefficient (Wildman–Crippen LogP) is 3.42. The molecule has 1 atom stereocenters. The standard InChI is InChI=1S/C15H21FN2O2/c1-9(2)8-13-10-5-6-12(17)14(16)11(10)4-3-7-18(13)15(19)20/h5-6,9,13H,3-4,7-8,17H2,1-2H3,(H,19,20). The van der Waals surface area contributed by atoms with Crippen LogP contribution in [-0.2, 0) is 6.42 Å². The molecule has 0 bridgehead atoms. The van der Waals surface area contributed by atoms with Crippen LogP contribution in [0.15, 0.2) is 12.1 Å². The van der Waals surface area contributed by atoms with Gasteiger partial charge in [-0.3, -0.25) is 0 Å². The number of halogens is 1. The van der Waals surface area contributed by atoms with E-state index >= 15 is 0 Å². The molecule has 0 spiro atoms. The zero-order chi connectivity index (χ0) is 14.9. The summed E-state index contributed by atoms with van der Waals surface area (Å²) in [5, 5.41) is 9.40. The molecule has 1 heterocycles. The maximum atomic E-state index is 14.2. The summed E-state index contributed by atoms with van der Waals surface area (Å²) in [6.07, 6.45) is 0.891. The van der Waals surface area contributed by atoms with E-state index in [1.807, 2.05) is 13.8 Å². The summed E-state index contributed by atoms with van der Waals surface area (Å²) in [4.78, 5) is 12.9. The minimum absolute atomic E-state index is 0.135. The van der Waals surface area contributed by atoms with E-state index in [9.17, 15) is 14.3 Å². The Morgan fingerprint density at radius 1 is 1.55 bits per heavy atom. The van der Waals surface area contributed by atoms with Crippen LogP contribution < -0.4 is 5.73 Å². The van der Waals surface area contributed by atoms with E-state index in [-0.39, 0.29) is 17.5 Å². The summed E-state index contributed by atoms with van der Waals surface area (Å²) < 4.78 is 14.2. The van der Waals surface area contributed by atoms with Gasteiger partial charge in [-0.05, 0) is 42.4 Å². The molecule has 1 aromatic carbocycles. The van der Waals surface area contributed by atoms with Gasteiger partial charge in [0.25, 0.3) is 0 Å². The van der Waals surface area contributed by atoms with Crippen molar-refractivity contribution in [2.45, 2.75) is 39.2 Å². The van der Waals surface area contributed by atoms with E-state index in [0.717, 1.165) is 5.56 Å². The molecule has 1 amide bonds. The first-order valence-corrected chi connectivity index (χ1v) is 6.98. The fraction of sp³-hybridized carbons (Fsp3) is 0.533. The number of nitrogen functional groups attached to an aromatic ring is 1. The Labute approximate surface area is 118 Å². The van der Waals surface area contributed by atoms with Crippen LogP contribution >= 0.6 is 0 Å². The Hall–Kier alpha value is -1.78. The molecule has 5 heteroatoms. The van der Waals surface area contributed by atoms with Crippen molar-refractivity contribution in [1.29, 1.82) is 0 Å². The van der Waals surface area contributed by atoms with Crippen LogP contribution in [0.1, 0.15) is 43.9 Å². The topological polar surface area (TPSA) is 66.6 Å². The third kappa shape index (κ3) is 2.71. The third-order valence-corrected chi connectivity index (χ3v) is 3.81. The highest BCUT2D eigenvalue weighted by Crippen LogP contribution is 2.36. The molecule has 2 rings (SSSR count). The van der Waals surface area contributed by atoms with Crippen LogP contribution in [0.2, 0.25) is 0 Å². The summed E-state index contributed by atoms with van der Waals surface area (Å²) in [5.74, 6) is -0.0584. The van der Waals surface area contributed by atoms with Crippen molar-refractivity contribution in [1.82, 2.24) is 4.90 Å². The Morgan fingerprint density at radius 2 is 2.25 bits per heavy atom. The van der Waals surface area contributed by atoms with Crippen molar-refractivity contribution in [3.8, 4) is 0 Å². The van der Waals surface area contributed by atoms with Crippen LogP contribution in [0, 0.1) is 11.7 Å². The predicted molar refractivity (Wildman–Crippen MR) is 76.1 cm³/mol. The molecule has 0 saturated carbocycles. The van der Waals surface area contributed by atoms with Gasteiger partial charge in [-0.25, -0.2) is 9.18 Å². The number of anilines is 1. The number of carboxylic acid groups (broad SMARTS) is 1. The lowest BCUT2D eigenvalue weighted by Gasteiger charge is -2.30. The molecule has 0 aromatic heterocycles. The molecule has 0 fully saturated rings. The van der Waals surface area contributed by atoms with E-state index < -0.39 is 6.09 Å². The van der Waals surface area contributed by atoms with Crippen molar-refractivity contribution < 1.29 is 14.3 Å². The molecule has 3 N–H and O–H groups in total. The van der Waals surface area contributed by atoms with E-state index in [0.29, 0.717) is 37.3 Å². The van der Waals surface area contributed by atoms with Crippen LogP contribution in [-0.4, -0.2) is 22.6 Å². The molecular weight excluding hydrogens is 259 g/mol. The van der Waals surface area contributed by atoms with Gasteiger partial charge in [-0.2, -0.15) is 0 Å². The highest BCUT2D eigenvalue weighted by molar-refractivity contribution is 5.66. The first kappa shape index (κ1) is 14.6. The summed E-state index contributed by atoms with van der Waals surface area (Å²) in [5.41, 5.74) is 7.12. The highest BCUT2D eigenvalue weighted by atomic mass is 19.1. The van der Waals surface area contributed by atoms with Gasteiger partial charge in [0.2, 0.25) is 0 Å². The van der Waals surface area contributed by atoms with Gasteiger partial charge in [0.15, 0.2) is 0 Å². The normalized spacial score (nSPS) is 18.8. The zero-order valence-electron chi connectivity index (χ0n) is 11.9. The lowest BCUT2D eigenvalue weighted by Crippen LogP contribution is -2.34. The quantitative estimate of drug-likeness (QED) is 0.816. The van der Waals surface area contributed by atoms with Gasteiger partial charge in [-0.15, -0.1) is 0 Å². The molecule has 0 saturated heterocycles. The number of benzene rings is 1. The second kappa shape index (κ2) is 5.69. The number of rotatable bonds is 2. The lowest BCUT2D eigenvalue weighted by atomic mass is 9.91. The number of carbonyl (C=O) groups is 1. The van der Waals surface area contributed by atoms with Crippen molar-refractivity contribution in [3.63, 3.8) is 0 Å². The van der Waals surface area contributed by atoms with Crippen molar-refractivity contribution in [3.05, 3.63) is 29.1 Å². The highest BCUT2D eigenvalue weighted by Gasteiger charge is 2.31. The van der Waals surface area contributed by atoms with E-state index in [4.69, 9.17) is 5.73 Å². The number of fused-ring (bicyclic) bond motifs is 1. The first-order valence-electron chi connectivity index (χ1n) is 6.98. The summed E-state index contributed by atoms with van der Waals surface area (Å²) >= 11 is 0. The van der Waals surface area contributed by atoms with Gasteiger partial charge in [0.1, 0.15) is 5.82 Å². The fourth-order valence-corrected chi connectivity index (χ4v) is 2.90. The second-order valence-electron chi connectivity index (χ2n) is 5.76. The molecule has 110 valence electrons. The average molecular weight is 280 g/mol. The molecule has 1 aromatic rings. The largest absolute Gasteiger partial charge is 0.465 e. The number of nitrogens with two attached hydrogens (primary N) is 1. The monoisotopic (exact) mass is 280 g/mol. The number of amides is 1. The molecule has 1 unspecified atom stereocenters. The van der Waals surface area contributed by atoms with Crippen molar-refractivity contribution in [2.24, 2.45) is 5.92 Å². The average Bonchev–Trinajstić information content (AvgIpc) is 2.54. The van der Waals surface area contributed by atoms with Crippen LogP contribution in [0.3, 0.4) is 0 Å². The Kier molecular flexibility index (Phi) is 4.16. The van der Waals surface area contributed by atoms with Gasteiger partial charge in [-0.1, -0.05) is 19.9 Å². The van der Waals surface area contributed by atoms with Gasteiger partial charge in [0, 0.05) is 6.54 Å². The number of hydrogen-bond acceptors (Lipinski definition) is 2. The van der Waals surface area contributed by atoms with Crippen LogP contribution in [0.4, 0.5) is 14.9 Å². The first-order chi connectivity index (χ1) is 9.41. The summed E-state index contributed by atoms with van der Waals surface area (Å²) in [6.45, 7) is 4.51. The molecule has 20 heavy (non-hydrogen) atoms. The maximum Gasteiger partial charge on any atom is 0.407 e. The summed E-state index contributed by atoms with van der Waals surface area (Å²) in [7, 11) is 0. The van der Waals surface area contributed by atoms with Crippen LogP contribution in [0.25, 0.3) is 0 Å².